The van der Waals surface area contributed by atoms with E-state index in [1.807, 2.05) is 0 Å². The van der Waals surface area contributed by atoms with Gasteiger partial charge >= 0.3 is 6.18 Å². The fourth-order valence-corrected chi connectivity index (χ4v) is 4.39. The van der Waals surface area contributed by atoms with Gasteiger partial charge in [0.25, 0.3) is 0 Å². The molecule has 0 radical (unpaired) electrons. The van der Waals surface area contributed by atoms with E-state index in [4.69, 9.17) is 4.98 Å². The lowest BCUT2D eigenvalue weighted by atomic mass is 9.93. The summed E-state index contributed by atoms with van der Waals surface area (Å²) in [6.07, 6.45) is -0.658. The van der Waals surface area contributed by atoms with Crippen molar-refractivity contribution in [3.05, 3.63) is 16.1 Å². The standard InChI is InChI=1S/C20H34F3N5S/c1-19(2,3)16-13-29-17(27-16)6-10-26-18(24-4)25-9-5-15-7-11-28(12-8-15)14-20(21,22)23/h13,15H,5-12,14H2,1-4H3,(H2,24,25,26). The van der Waals surface area contributed by atoms with Crippen LogP contribution in [0.2, 0.25) is 0 Å². The Morgan fingerprint density at radius 1 is 1.21 bits per heavy atom. The number of hydrogen-bond acceptors (Lipinski definition) is 4. The average Bonchev–Trinajstić information content (AvgIpc) is 3.10. The highest BCUT2D eigenvalue weighted by molar-refractivity contribution is 7.09. The van der Waals surface area contributed by atoms with Gasteiger partial charge in [-0.25, -0.2) is 4.98 Å². The predicted molar refractivity (Wildman–Crippen MR) is 114 cm³/mol. The smallest absolute Gasteiger partial charge is 0.356 e. The van der Waals surface area contributed by atoms with Crippen LogP contribution in [0.25, 0.3) is 0 Å². The Balaban J connectivity index is 1.62. The number of hydrogen-bond donors (Lipinski definition) is 2. The summed E-state index contributed by atoms with van der Waals surface area (Å²) in [5.41, 5.74) is 1.20. The van der Waals surface area contributed by atoms with Gasteiger partial charge in [0.15, 0.2) is 5.96 Å². The van der Waals surface area contributed by atoms with Gasteiger partial charge in [0.05, 0.1) is 17.2 Å². The van der Waals surface area contributed by atoms with Crippen LogP contribution in [0, 0.1) is 5.92 Å². The normalized spacial score (nSPS) is 17.6. The molecule has 5 nitrogen and oxygen atoms in total. The number of aliphatic imine (C=N–C) groups is 1. The third kappa shape index (κ3) is 8.90. The van der Waals surface area contributed by atoms with E-state index in [9.17, 15) is 13.2 Å². The maximum atomic E-state index is 12.5. The molecule has 0 unspecified atom stereocenters. The van der Waals surface area contributed by atoms with E-state index in [2.05, 4.69) is 41.8 Å². The van der Waals surface area contributed by atoms with Gasteiger partial charge in [-0.1, -0.05) is 20.8 Å². The lowest BCUT2D eigenvalue weighted by Crippen LogP contribution is -2.42. The van der Waals surface area contributed by atoms with Crippen LogP contribution in [-0.4, -0.2) is 61.8 Å². The lowest BCUT2D eigenvalue weighted by Gasteiger charge is -2.32. The number of guanidine groups is 1. The molecule has 0 saturated carbocycles. The highest BCUT2D eigenvalue weighted by atomic mass is 32.1. The number of alkyl halides is 3. The van der Waals surface area contributed by atoms with Crippen molar-refractivity contribution >= 4 is 17.3 Å². The van der Waals surface area contributed by atoms with Gasteiger partial charge in [-0.3, -0.25) is 9.89 Å². The highest BCUT2D eigenvalue weighted by Crippen LogP contribution is 2.25. The van der Waals surface area contributed by atoms with E-state index < -0.39 is 12.7 Å². The van der Waals surface area contributed by atoms with E-state index in [0.29, 0.717) is 19.0 Å². The molecule has 1 aliphatic rings. The minimum Gasteiger partial charge on any atom is -0.356 e. The second-order valence-electron chi connectivity index (χ2n) is 8.68. The third-order valence-corrected chi connectivity index (χ3v) is 6.04. The van der Waals surface area contributed by atoms with Gasteiger partial charge in [-0.2, -0.15) is 13.2 Å². The molecule has 1 aromatic heterocycles. The summed E-state index contributed by atoms with van der Waals surface area (Å²) in [5, 5.41) is 9.86. The zero-order valence-corrected chi connectivity index (χ0v) is 18.7. The fraction of sp³-hybridized carbons (Fsp3) is 0.800. The molecule has 1 saturated heterocycles. The van der Waals surface area contributed by atoms with Gasteiger partial charge in [-0.15, -0.1) is 11.3 Å². The van der Waals surface area contributed by atoms with Crippen LogP contribution in [0.3, 0.4) is 0 Å². The van der Waals surface area contributed by atoms with Crippen molar-refractivity contribution in [2.24, 2.45) is 10.9 Å². The Labute approximate surface area is 176 Å². The number of likely N-dealkylation sites (tertiary alicyclic amines) is 1. The summed E-state index contributed by atoms with van der Waals surface area (Å²) in [4.78, 5) is 10.5. The molecule has 0 amide bonds. The number of thiazole rings is 1. The molecule has 2 N–H and O–H groups in total. The zero-order valence-electron chi connectivity index (χ0n) is 17.9. The molecule has 0 spiro atoms. The van der Waals surface area contributed by atoms with Gasteiger partial charge in [0.2, 0.25) is 0 Å². The molecule has 1 aromatic rings. The Morgan fingerprint density at radius 3 is 2.41 bits per heavy atom. The first-order valence-electron chi connectivity index (χ1n) is 10.3. The number of aromatic nitrogens is 1. The van der Waals surface area contributed by atoms with Crippen LogP contribution in [0.15, 0.2) is 10.4 Å². The molecule has 0 aromatic carbocycles. The van der Waals surface area contributed by atoms with E-state index in [1.165, 1.54) is 4.90 Å². The Morgan fingerprint density at radius 2 is 1.86 bits per heavy atom. The van der Waals surface area contributed by atoms with Crippen LogP contribution in [0.5, 0.6) is 0 Å². The van der Waals surface area contributed by atoms with E-state index >= 15 is 0 Å². The summed E-state index contributed by atoms with van der Waals surface area (Å²) in [7, 11) is 1.74. The molecule has 29 heavy (non-hydrogen) atoms. The summed E-state index contributed by atoms with van der Waals surface area (Å²) in [6.45, 7) is 8.29. The van der Waals surface area contributed by atoms with E-state index in [-0.39, 0.29) is 5.41 Å². The molecule has 166 valence electrons. The van der Waals surface area contributed by atoms with Crippen LogP contribution < -0.4 is 10.6 Å². The molecule has 0 bridgehead atoms. The van der Waals surface area contributed by atoms with Crippen molar-refractivity contribution in [2.45, 2.75) is 58.0 Å². The maximum absolute atomic E-state index is 12.5. The number of nitrogens with one attached hydrogen (secondary N) is 2. The van der Waals surface area contributed by atoms with Crippen molar-refractivity contribution in [1.82, 2.24) is 20.5 Å². The predicted octanol–water partition coefficient (Wildman–Crippen LogP) is 3.81. The van der Waals surface area contributed by atoms with Crippen LogP contribution in [0.1, 0.15) is 50.7 Å². The second kappa shape index (κ2) is 10.6. The molecule has 9 heteroatoms. The second-order valence-corrected chi connectivity index (χ2v) is 9.62. The number of rotatable bonds is 7. The summed E-state index contributed by atoms with van der Waals surface area (Å²) in [6, 6.07) is 0. The summed E-state index contributed by atoms with van der Waals surface area (Å²) < 4.78 is 37.4. The van der Waals surface area contributed by atoms with Crippen molar-refractivity contribution in [1.29, 1.82) is 0 Å². The SMILES string of the molecule is CN=C(NCCc1nc(C(C)(C)C)cs1)NCCC1CCN(CC(F)(F)F)CC1. The molecule has 0 atom stereocenters. The van der Waals surface area contributed by atoms with Gasteiger partial charge in [0.1, 0.15) is 0 Å². The Kier molecular flexibility index (Phi) is 8.75. The molecule has 1 aliphatic heterocycles. The number of halogens is 3. The van der Waals surface area contributed by atoms with Gasteiger partial charge in [0, 0.05) is 37.4 Å². The van der Waals surface area contributed by atoms with Crippen molar-refractivity contribution in [2.75, 3.05) is 39.8 Å². The van der Waals surface area contributed by atoms with Gasteiger partial charge in [-0.05, 0) is 38.3 Å². The molecule has 1 fully saturated rings. The van der Waals surface area contributed by atoms with E-state index in [0.717, 1.165) is 55.4 Å². The van der Waals surface area contributed by atoms with Crippen molar-refractivity contribution < 1.29 is 13.2 Å². The molecular weight excluding hydrogens is 399 g/mol. The van der Waals surface area contributed by atoms with Crippen LogP contribution in [-0.2, 0) is 11.8 Å². The first-order chi connectivity index (χ1) is 13.6. The average molecular weight is 434 g/mol. The quantitative estimate of drug-likeness (QED) is 0.507. The molecular formula is C20H34F3N5S. The molecule has 2 rings (SSSR count). The third-order valence-electron chi connectivity index (χ3n) is 5.13. The molecule has 2 heterocycles. The Bertz CT molecular complexity index is 643. The maximum Gasteiger partial charge on any atom is 0.401 e. The zero-order chi connectivity index (χ0) is 21.5. The number of piperidine rings is 1. The molecule has 0 aliphatic carbocycles. The minimum absolute atomic E-state index is 0.0721. The first-order valence-corrected chi connectivity index (χ1v) is 11.1. The first kappa shape index (κ1) is 23.9. The lowest BCUT2D eigenvalue weighted by molar-refractivity contribution is -0.148. The minimum atomic E-state index is -4.10. The van der Waals surface area contributed by atoms with E-state index in [1.54, 1.807) is 18.4 Å². The summed E-state index contributed by atoms with van der Waals surface area (Å²) >= 11 is 1.69. The van der Waals surface area contributed by atoms with Crippen LogP contribution in [0.4, 0.5) is 13.2 Å². The monoisotopic (exact) mass is 433 g/mol. The largest absolute Gasteiger partial charge is 0.401 e. The van der Waals surface area contributed by atoms with Crippen molar-refractivity contribution in [3.63, 3.8) is 0 Å². The topological polar surface area (TPSA) is 52.6 Å². The number of nitrogens with zero attached hydrogens (tertiary/aromatic N) is 3. The Hall–Kier alpha value is -1.35. The van der Waals surface area contributed by atoms with Crippen molar-refractivity contribution in [3.8, 4) is 0 Å². The van der Waals surface area contributed by atoms with Crippen LogP contribution >= 0.6 is 11.3 Å². The highest BCUT2D eigenvalue weighted by Gasteiger charge is 2.32. The summed E-state index contributed by atoms with van der Waals surface area (Å²) in [5.74, 6) is 1.23. The fourth-order valence-electron chi connectivity index (χ4n) is 3.36. The van der Waals surface area contributed by atoms with Gasteiger partial charge < -0.3 is 10.6 Å².